The molecule has 0 amide bonds. The number of aromatic hydroxyl groups is 2. The van der Waals surface area contributed by atoms with Crippen molar-refractivity contribution in [2.45, 2.75) is 9.79 Å². The summed E-state index contributed by atoms with van der Waals surface area (Å²) in [7, 11) is -4.25. The van der Waals surface area contributed by atoms with E-state index in [1.54, 1.807) is 6.07 Å². The molecule has 0 fully saturated rings. The maximum absolute atomic E-state index is 10.6. The molecule has 0 aliphatic rings. The van der Waals surface area contributed by atoms with Gasteiger partial charge in [0, 0.05) is 16.0 Å². The highest BCUT2D eigenvalue weighted by Gasteiger charge is 2.25. The molecule has 0 heterocycles. The van der Waals surface area contributed by atoms with Crippen LogP contribution in [0.4, 0.5) is 17.1 Å². The third-order valence-corrected chi connectivity index (χ3v) is 5.24. The van der Waals surface area contributed by atoms with Crippen LogP contribution in [-0.4, -0.2) is 23.9 Å². The van der Waals surface area contributed by atoms with Gasteiger partial charge in [0.05, 0.1) is 16.9 Å². The van der Waals surface area contributed by atoms with Gasteiger partial charge in [-0.1, -0.05) is 6.07 Å². The molecule has 0 aromatic heterocycles. The Bertz CT molecular complexity index is 1090. The number of benzene rings is 3. The van der Waals surface area contributed by atoms with Crippen molar-refractivity contribution in [3.63, 3.8) is 0 Å². The molecule has 0 saturated carbocycles. The molecule has 0 aliphatic heterocycles. The van der Waals surface area contributed by atoms with E-state index in [2.05, 4.69) is 19.6 Å². The average Bonchev–Trinajstić information content (AvgIpc) is 2.66. The van der Waals surface area contributed by atoms with Gasteiger partial charge in [-0.05, 0) is 41.8 Å². The van der Waals surface area contributed by atoms with E-state index in [9.17, 15) is 23.9 Å². The number of phenolic OH excluding ortho intramolecular Hbond substituents is 2. The van der Waals surface area contributed by atoms with Gasteiger partial charge in [0.1, 0.15) is 28.0 Å². The number of nitrogen functional groups attached to an aromatic ring is 1. The quantitative estimate of drug-likeness (QED) is 0.0930. The lowest BCUT2D eigenvalue weighted by Crippen LogP contribution is -1.97. The van der Waals surface area contributed by atoms with Crippen molar-refractivity contribution in [2.24, 2.45) is 16.1 Å². The normalized spacial score (nSPS) is 12.7. The smallest absolute Gasteiger partial charge is 0.152 e. The first-order chi connectivity index (χ1) is 13.7. The van der Waals surface area contributed by atoms with Crippen LogP contribution in [0.5, 0.6) is 11.5 Å². The lowest BCUT2D eigenvalue weighted by Gasteiger charge is -2.22. The third-order valence-electron chi connectivity index (χ3n) is 3.75. The minimum Gasteiger partial charge on any atom is -0.506 e. The first kappa shape index (κ1) is 21.1. The number of hydrogen-bond acceptors (Lipinski definition) is 12. The number of nitrogens with two attached hydrogens (primary N) is 2. The molecule has 9 N–H and O–H groups in total. The molecular weight excluding hydrogens is 424 g/mol. The van der Waals surface area contributed by atoms with E-state index in [1.807, 2.05) is 0 Å². The highest BCUT2D eigenvalue weighted by Crippen LogP contribution is 2.54. The molecule has 13 heteroatoms. The fourth-order valence-electron chi connectivity index (χ4n) is 2.46. The maximum Gasteiger partial charge on any atom is 0.152 e. The molecule has 0 aliphatic carbocycles. The zero-order valence-corrected chi connectivity index (χ0v) is 16.1. The Labute approximate surface area is 169 Å². The molecule has 11 nitrogen and oxygen atoms in total. The summed E-state index contributed by atoms with van der Waals surface area (Å²) in [5, 5.41) is 28.8. The van der Waals surface area contributed by atoms with E-state index in [4.69, 9.17) is 11.6 Å². The van der Waals surface area contributed by atoms with Crippen molar-refractivity contribution in [3.8, 4) is 11.5 Å². The maximum atomic E-state index is 10.6. The number of rotatable bonds is 6. The van der Waals surface area contributed by atoms with E-state index < -0.39 is 27.2 Å². The Kier molecular flexibility index (Phi) is 6.11. The monoisotopic (exact) mass is 440 g/mol. The van der Waals surface area contributed by atoms with Crippen LogP contribution in [0.1, 0.15) is 0 Å². The zero-order chi connectivity index (χ0) is 21.2. The molecule has 3 rings (SSSR count). The standard InChI is InChI=1S/C16H16N4O7S2/c17-9-2-1-8-5-14(29(23,24)25)15(16(22)11(8)6-9)20-19-12-7-10(28-27-26-18)3-4-13(12)21/h1-7,21-25H,17-18H2. The second kappa shape index (κ2) is 8.40. The summed E-state index contributed by atoms with van der Waals surface area (Å²) in [5.74, 6) is 4.03. The fourth-order valence-corrected chi connectivity index (χ4v) is 3.55. The molecule has 0 atom stereocenters. The molecule has 0 radical (unpaired) electrons. The van der Waals surface area contributed by atoms with Gasteiger partial charge in [0.25, 0.3) is 0 Å². The number of azo groups is 1. The Balaban J connectivity index is 2.13. The van der Waals surface area contributed by atoms with Crippen molar-refractivity contribution in [1.29, 1.82) is 0 Å². The number of nitrogens with zero attached hydrogens (tertiary/aromatic N) is 2. The van der Waals surface area contributed by atoms with Gasteiger partial charge in [0.2, 0.25) is 0 Å². The Hall–Kier alpha value is -2.62. The third kappa shape index (κ3) is 4.69. The summed E-state index contributed by atoms with van der Waals surface area (Å²) in [6.07, 6.45) is 0. The molecule has 154 valence electrons. The molecule has 29 heavy (non-hydrogen) atoms. The van der Waals surface area contributed by atoms with E-state index in [1.165, 1.54) is 36.4 Å². The second-order valence-corrected chi connectivity index (χ2v) is 7.92. The topological polar surface area (TPSA) is 196 Å². The van der Waals surface area contributed by atoms with E-state index in [0.717, 1.165) is 12.0 Å². The van der Waals surface area contributed by atoms with Crippen LogP contribution in [-0.2, 0) is 9.32 Å². The molecule has 0 bridgehead atoms. The molecule has 0 spiro atoms. The first-order valence-corrected chi connectivity index (χ1v) is 9.96. The highest BCUT2D eigenvalue weighted by atomic mass is 32.3. The van der Waals surface area contributed by atoms with Crippen LogP contribution in [0.2, 0.25) is 0 Å². The van der Waals surface area contributed by atoms with Gasteiger partial charge in [-0.2, -0.15) is 5.90 Å². The Morgan fingerprint density at radius 2 is 1.72 bits per heavy atom. The van der Waals surface area contributed by atoms with Crippen molar-refractivity contribution < 1.29 is 33.2 Å². The van der Waals surface area contributed by atoms with Gasteiger partial charge in [-0.3, -0.25) is 0 Å². The average molecular weight is 440 g/mol. The summed E-state index contributed by atoms with van der Waals surface area (Å²) >= 11 is 0.740. The van der Waals surface area contributed by atoms with Gasteiger partial charge in [-0.15, -0.1) is 19.6 Å². The number of fused-ring (bicyclic) bond motifs is 1. The predicted octanol–water partition coefficient (Wildman–Crippen LogP) is 4.66. The minimum absolute atomic E-state index is 0.0388. The largest absolute Gasteiger partial charge is 0.506 e. The molecule has 3 aromatic carbocycles. The summed E-state index contributed by atoms with van der Waals surface area (Å²) in [6, 6.07) is 9.94. The summed E-state index contributed by atoms with van der Waals surface area (Å²) < 4.78 is 33.8. The predicted molar refractivity (Wildman–Crippen MR) is 108 cm³/mol. The lowest BCUT2D eigenvalue weighted by molar-refractivity contribution is -0.195. The second-order valence-electron chi connectivity index (χ2n) is 5.67. The lowest BCUT2D eigenvalue weighted by atomic mass is 10.1. The van der Waals surface area contributed by atoms with Crippen LogP contribution >= 0.6 is 22.9 Å². The number of hydrogen-bond donors (Lipinski definition) is 7. The fraction of sp³-hybridized carbons (Fsp3) is 0. The van der Waals surface area contributed by atoms with Gasteiger partial charge < -0.3 is 29.6 Å². The van der Waals surface area contributed by atoms with Crippen LogP contribution in [0.15, 0.2) is 62.5 Å². The number of phenols is 2. The molecule has 0 unspecified atom stereocenters. The van der Waals surface area contributed by atoms with Crippen molar-refractivity contribution in [1.82, 2.24) is 0 Å². The van der Waals surface area contributed by atoms with E-state index >= 15 is 0 Å². The van der Waals surface area contributed by atoms with Gasteiger partial charge in [-0.25, -0.2) is 0 Å². The summed E-state index contributed by atoms with van der Waals surface area (Å²) in [5.41, 5.74) is 5.65. The number of anilines is 1. The molecule has 3 aromatic rings. The SMILES string of the molecule is NOOSc1ccc(O)c(N=Nc2c(S(O)(O)O)cc3ccc(N)cc3c2O)c1. The Morgan fingerprint density at radius 1 is 0.966 bits per heavy atom. The minimum atomic E-state index is -4.25. The van der Waals surface area contributed by atoms with Crippen molar-refractivity contribution in [3.05, 3.63) is 42.5 Å². The summed E-state index contributed by atoms with van der Waals surface area (Å²) in [4.78, 5) is 3.99. The van der Waals surface area contributed by atoms with Crippen molar-refractivity contribution in [2.75, 3.05) is 5.73 Å². The van der Waals surface area contributed by atoms with Crippen LogP contribution in [0, 0.1) is 0 Å². The first-order valence-electron chi connectivity index (χ1n) is 7.71. The summed E-state index contributed by atoms with van der Waals surface area (Å²) in [6.45, 7) is 0. The van der Waals surface area contributed by atoms with Crippen LogP contribution in [0.25, 0.3) is 10.8 Å². The van der Waals surface area contributed by atoms with Crippen molar-refractivity contribution >= 4 is 50.7 Å². The highest BCUT2D eigenvalue weighted by molar-refractivity contribution is 8.19. The van der Waals surface area contributed by atoms with Crippen LogP contribution < -0.4 is 11.6 Å². The van der Waals surface area contributed by atoms with Gasteiger partial charge in [0.15, 0.2) is 5.75 Å². The van der Waals surface area contributed by atoms with E-state index in [0.29, 0.717) is 16.0 Å². The van der Waals surface area contributed by atoms with Gasteiger partial charge >= 0.3 is 0 Å². The van der Waals surface area contributed by atoms with Crippen LogP contribution in [0.3, 0.4) is 0 Å². The van der Waals surface area contributed by atoms with E-state index in [-0.39, 0.29) is 16.8 Å². The Morgan fingerprint density at radius 3 is 2.41 bits per heavy atom. The molecule has 0 saturated heterocycles. The zero-order valence-electron chi connectivity index (χ0n) is 14.5. The molecular formula is C16H16N4O7S2.